The summed E-state index contributed by atoms with van der Waals surface area (Å²) in [6.07, 6.45) is 6.35. The number of hydrogen-bond acceptors (Lipinski definition) is 4. The first kappa shape index (κ1) is 19.1. The monoisotopic (exact) mass is 377 g/mol. The van der Waals surface area contributed by atoms with Gasteiger partial charge in [0.25, 0.3) is 5.91 Å². The number of para-hydroxylation sites is 1. The predicted molar refractivity (Wildman–Crippen MR) is 109 cm³/mol. The summed E-state index contributed by atoms with van der Waals surface area (Å²) in [5.74, 6) is -0.358. The molecule has 4 nitrogen and oxygen atoms in total. The Morgan fingerprint density at radius 3 is 2.37 bits per heavy atom. The van der Waals surface area contributed by atoms with Crippen LogP contribution in [-0.4, -0.2) is 23.9 Å². The number of nitriles is 1. The van der Waals surface area contributed by atoms with Crippen LogP contribution in [0.25, 0.3) is 0 Å². The summed E-state index contributed by atoms with van der Waals surface area (Å²) < 4.78 is 0. The smallest absolute Gasteiger partial charge is 0.267 e. The maximum atomic E-state index is 12.7. The van der Waals surface area contributed by atoms with Gasteiger partial charge in [0.15, 0.2) is 0 Å². The number of carbonyl (C=O) groups is 1. The van der Waals surface area contributed by atoms with Crippen molar-refractivity contribution in [2.45, 2.75) is 35.5 Å². The Balaban J connectivity index is 1.74. The Morgan fingerprint density at radius 1 is 1.00 bits per heavy atom. The number of benzene rings is 2. The van der Waals surface area contributed by atoms with Crippen molar-refractivity contribution >= 4 is 23.4 Å². The van der Waals surface area contributed by atoms with Crippen molar-refractivity contribution in [1.29, 1.82) is 5.26 Å². The molecule has 0 unspecified atom stereocenters. The minimum atomic E-state index is -0.358. The molecule has 1 N–H and O–H groups in total. The molecule has 0 bridgehead atoms. The van der Waals surface area contributed by atoms with Gasteiger partial charge in [0.05, 0.1) is 5.69 Å². The van der Waals surface area contributed by atoms with Crippen LogP contribution in [0, 0.1) is 11.3 Å². The van der Waals surface area contributed by atoms with Gasteiger partial charge in [-0.3, -0.25) is 4.79 Å². The van der Waals surface area contributed by atoms with E-state index >= 15 is 0 Å². The fraction of sp³-hybridized carbons (Fsp3) is 0.273. The van der Waals surface area contributed by atoms with E-state index < -0.39 is 0 Å². The molecule has 0 radical (unpaired) electrons. The highest BCUT2D eigenvalue weighted by Crippen LogP contribution is 2.33. The zero-order valence-corrected chi connectivity index (χ0v) is 16.0. The van der Waals surface area contributed by atoms with Gasteiger partial charge >= 0.3 is 0 Å². The average molecular weight is 378 g/mol. The number of likely N-dealkylation sites (tertiary alicyclic amines) is 1. The number of nitrogens with one attached hydrogen (secondary N) is 1. The highest BCUT2D eigenvalue weighted by Gasteiger charge is 2.15. The van der Waals surface area contributed by atoms with Gasteiger partial charge in [0.1, 0.15) is 11.6 Å². The predicted octanol–water partition coefficient (Wildman–Crippen LogP) is 5.06. The highest BCUT2D eigenvalue weighted by molar-refractivity contribution is 7.99. The lowest BCUT2D eigenvalue weighted by atomic mass is 10.2. The third kappa shape index (κ3) is 5.63. The molecule has 0 saturated carbocycles. The first-order valence-corrected chi connectivity index (χ1v) is 10.1. The molecule has 1 heterocycles. The number of anilines is 1. The zero-order chi connectivity index (χ0) is 18.9. The van der Waals surface area contributed by atoms with E-state index in [9.17, 15) is 10.1 Å². The maximum Gasteiger partial charge on any atom is 0.267 e. The molecule has 1 amide bonds. The molecule has 0 aromatic heterocycles. The number of rotatable bonds is 5. The van der Waals surface area contributed by atoms with Crippen LogP contribution in [0.3, 0.4) is 0 Å². The van der Waals surface area contributed by atoms with E-state index in [0.717, 1.165) is 35.7 Å². The molecule has 1 aliphatic heterocycles. The van der Waals surface area contributed by atoms with Crippen LogP contribution in [0.5, 0.6) is 0 Å². The molecule has 1 aliphatic rings. The van der Waals surface area contributed by atoms with E-state index in [1.165, 1.54) is 12.8 Å². The van der Waals surface area contributed by atoms with Crippen molar-refractivity contribution in [2.24, 2.45) is 0 Å². The Hall–Kier alpha value is -2.71. The molecule has 2 aromatic rings. The Labute approximate surface area is 164 Å². The van der Waals surface area contributed by atoms with Crippen LogP contribution in [0.15, 0.2) is 76.2 Å². The average Bonchev–Trinajstić information content (AvgIpc) is 2.97. The van der Waals surface area contributed by atoms with Crippen molar-refractivity contribution in [3.8, 4) is 6.07 Å². The largest absolute Gasteiger partial charge is 0.376 e. The highest BCUT2D eigenvalue weighted by atomic mass is 32.2. The fourth-order valence-corrected chi connectivity index (χ4v) is 3.93. The van der Waals surface area contributed by atoms with E-state index in [1.54, 1.807) is 18.0 Å². The first-order chi connectivity index (χ1) is 13.3. The molecule has 0 atom stereocenters. The first-order valence-electron chi connectivity index (χ1n) is 9.25. The summed E-state index contributed by atoms with van der Waals surface area (Å²) in [5.41, 5.74) is 0.866. The van der Waals surface area contributed by atoms with Crippen LogP contribution in [-0.2, 0) is 4.79 Å². The summed E-state index contributed by atoms with van der Waals surface area (Å²) in [6, 6.07) is 19.7. The van der Waals surface area contributed by atoms with Gasteiger partial charge in [-0.25, -0.2) is 0 Å². The lowest BCUT2D eigenvalue weighted by Crippen LogP contribution is -2.22. The second-order valence-corrected chi connectivity index (χ2v) is 7.59. The number of nitrogens with zero attached hydrogens (tertiary/aromatic N) is 2. The topological polar surface area (TPSA) is 56.1 Å². The van der Waals surface area contributed by atoms with Gasteiger partial charge in [0.2, 0.25) is 0 Å². The second kappa shape index (κ2) is 9.84. The molecule has 27 heavy (non-hydrogen) atoms. The van der Waals surface area contributed by atoms with Gasteiger partial charge in [-0.15, -0.1) is 0 Å². The van der Waals surface area contributed by atoms with Gasteiger partial charge in [-0.1, -0.05) is 54.9 Å². The normalized spacial score (nSPS) is 14.9. The standard InChI is InChI=1S/C22H23N3OS/c23-16-18(17-25-14-8-1-2-9-15-25)22(26)24-20-12-6-7-13-21(20)27-19-10-4-3-5-11-19/h3-7,10-13,17H,1-2,8-9,14-15H2,(H,24,26)/b18-17-. The van der Waals surface area contributed by atoms with Gasteiger partial charge in [0, 0.05) is 29.1 Å². The molecule has 1 saturated heterocycles. The minimum Gasteiger partial charge on any atom is -0.376 e. The van der Waals surface area contributed by atoms with Gasteiger partial charge in [-0.2, -0.15) is 5.26 Å². The zero-order valence-electron chi connectivity index (χ0n) is 15.2. The number of carbonyl (C=O) groups excluding carboxylic acids is 1. The molecule has 1 fully saturated rings. The summed E-state index contributed by atoms with van der Waals surface area (Å²) in [7, 11) is 0. The Morgan fingerprint density at radius 2 is 1.67 bits per heavy atom. The van der Waals surface area contributed by atoms with Crippen LogP contribution in [0.4, 0.5) is 5.69 Å². The maximum absolute atomic E-state index is 12.7. The van der Waals surface area contributed by atoms with E-state index in [4.69, 9.17) is 0 Å². The van der Waals surface area contributed by atoms with Crippen molar-refractivity contribution < 1.29 is 4.79 Å². The van der Waals surface area contributed by atoms with Crippen molar-refractivity contribution in [3.63, 3.8) is 0 Å². The lowest BCUT2D eigenvalue weighted by Gasteiger charge is -2.18. The summed E-state index contributed by atoms with van der Waals surface area (Å²) >= 11 is 1.59. The van der Waals surface area contributed by atoms with Crippen LogP contribution >= 0.6 is 11.8 Å². The van der Waals surface area contributed by atoms with Gasteiger partial charge in [-0.05, 0) is 37.1 Å². The van der Waals surface area contributed by atoms with E-state index in [1.807, 2.05) is 54.6 Å². The molecule has 0 aliphatic carbocycles. The molecule has 0 spiro atoms. The third-order valence-corrected chi connectivity index (χ3v) is 5.51. The van der Waals surface area contributed by atoms with Crippen LogP contribution in [0.2, 0.25) is 0 Å². The minimum absolute atomic E-state index is 0.149. The fourth-order valence-electron chi connectivity index (χ4n) is 3.01. The molecular weight excluding hydrogens is 354 g/mol. The molecular formula is C22H23N3OS. The SMILES string of the molecule is N#C/C(=C/N1CCCCCC1)C(=O)Nc1ccccc1Sc1ccccc1. The lowest BCUT2D eigenvalue weighted by molar-refractivity contribution is -0.112. The number of hydrogen-bond donors (Lipinski definition) is 1. The van der Waals surface area contributed by atoms with E-state index in [0.29, 0.717) is 5.69 Å². The van der Waals surface area contributed by atoms with Gasteiger partial charge < -0.3 is 10.2 Å². The third-order valence-electron chi connectivity index (χ3n) is 4.42. The second-order valence-electron chi connectivity index (χ2n) is 6.47. The Kier molecular flexibility index (Phi) is 6.95. The van der Waals surface area contributed by atoms with Crippen molar-refractivity contribution in [3.05, 3.63) is 66.4 Å². The molecule has 2 aromatic carbocycles. The van der Waals surface area contributed by atoms with Crippen molar-refractivity contribution in [2.75, 3.05) is 18.4 Å². The van der Waals surface area contributed by atoms with E-state index in [2.05, 4.69) is 16.3 Å². The summed E-state index contributed by atoms with van der Waals surface area (Å²) in [4.78, 5) is 16.8. The van der Waals surface area contributed by atoms with Crippen molar-refractivity contribution in [1.82, 2.24) is 4.90 Å². The van der Waals surface area contributed by atoms with Crippen LogP contribution < -0.4 is 5.32 Å². The van der Waals surface area contributed by atoms with Crippen LogP contribution in [0.1, 0.15) is 25.7 Å². The molecule has 138 valence electrons. The summed E-state index contributed by atoms with van der Waals surface area (Å²) in [6.45, 7) is 1.80. The van der Waals surface area contributed by atoms with E-state index in [-0.39, 0.29) is 11.5 Å². The Bertz CT molecular complexity index is 834. The number of amides is 1. The quantitative estimate of drug-likeness (QED) is 0.584. The molecule has 3 rings (SSSR count). The summed E-state index contributed by atoms with van der Waals surface area (Å²) in [5, 5.41) is 12.4. The molecule has 5 heteroatoms.